The molecule has 4 rings (SSSR count). The molecule has 0 atom stereocenters. The van der Waals surface area contributed by atoms with E-state index in [2.05, 4.69) is 10.3 Å². The second-order valence-electron chi connectivity index (χ2n) is 7.70. The minimum Gasteiger partial charge on any atom is -0.399 e. The van der Waals surface area contributed by atoms with Gasteiger partial charge in [-0.3, -0.25) is 4.79 Å². The standard InChI is InChI=1S/C24H26N4O/c25-20-13-11-18(12-14-20)21-16-26-24(23(27-21)19-9-5-2-6-10-19)28-22(29)15-17-7-3-1-4-8-17/h2,5-6,9-14,16-17H,1,3-4,7-8,15,25H2,(H,26,28,29). The van der Waals surface area contributed by atoms with Crippen molar-refractivity contribution in [3.63, 3.8) is 0 Å². The Kier molecular flexibility index (Phi) is 5.84. The van der Waals surface area contributed by atoms with Gasteiger partial charge in [-0.2, -0.15) is 0 Å². The van der Waals surface area contributed by atoms with Gasteiger partial charge in [0.1, 0.15) is 5.69 Å². The van der Waals surface area contributed by atoms with Crippen molar-refractivity contribution >= 4 is 17.4 Å². The molecule has 0 unspecified atom stereocenters. The van der Waals surface area contributed by atoms with Gasteiger partial charge in [0.05, 0.1) is 11.9 Å². The number of carbonyl (C=O) groups excluding carboxylic acids is 1. The van der Waals surface area contributed by atoms with Crippen molar-refractivity contribution in [2.75, 3.05) is 11.1 Å². The normalized spacial score (nSPS) is 14.5. The lowest BCUT2D eigenvalue weighted by Gasteiger charge is -2.21. The average Bonchev–Trinajstić information content (AvgIpc) is 2.76. The number of amides is 1. The lowest BCUT2D eigenvalue weighted by molar-refractivity contribution is -0.117. The van der Waals surface area contributed by atoms with Crippen LogP contribution < -0.4 is 11.1 Å². The summed E-state index contributed by atoms with van der Waals surface area (Å²) in [6, 6.07) is 17.4. The maximum Gasteiger partial charge on any atom is 0.225 e. The highest BCUT2D eigenvalue weighted by atomic mass is 16.1. The third kappa shape index (κ3) is 4.80. The van der Waals surface area contributed by atoms with Crippen molar-refractivity contribution in [1.29, 1.82) is 0 Å². The summed E-state index contributed by atoms with van der Waals surface area (Å²) >= 11 is 0. The molecule has 0 bridgehead atoms. The zero-order chi connectivity index (χ0) is 20.1. The maximum absolute atomic E-state index is 12.7. The van der Waals surface area contributed by atoms with E-state index >= 15 is 0 Å². The zero-order valence-electron chi connectivity index (χ0n) is 16.5. The summed E-state index contributed by atoms with van der Waals surface area (Å²) in [4.78, 5) is 22.0. The first-order valence-electron chi connectivity index (χ1n) is 10.3. The molecular weight excluding hydrogens is 360 g/mol. The van der Waals surface area contributed by atoms with E-state index in [1.165, 1.54) is 19.3 Å². The molecule has 1 heterocycles. The van der Waals surface area contributed by atoms with Gasteiger partial charge in [-0.1, -0.05) is 61.7 Å². The molecule has 1 amide bonds. The molecule has 3 N–H and O–H groups in total. The van der Waals surface area contributed by atoms with Gasteiger partial charge in [-0.05, 0) is 30.9 Å². The van der Waals surface area contributed by atoms with E-state index in [4.69, 9.17) is 10.7 Å². The number of nitrogens with zero attached hydrogens (tertiary/aromatic N) is 2. The summed E-state index contributed by atoms with van der Waals surface area (Å²) in [6.07, 6.45) is 8.27. The average molecular weight is 386 g/mol. The largest absolute Gasteiger partial charge is 0.399 e. The van der Waals surface area contributed by atoms with Gasteiger partial charge in [0.15, 0.2) is 5.82 Å². The number of nitrogen functional groups attached to an aromatic ring is 1. The number of benzene rings is 2. The quantitative estimate of drug-likeness (QED) is 0.583. The van der Waals surface area contributed by atoms with E-state index in [1.807, 2.05) is 54.6 Å². The molecule has 1 aliphatic carbocycles. The molecule has 0 radical (unpaired) electrons. The SMILES string of the molecule is Nc1ccc(-c2cnc(NC(=O)CC3CCCCC3)c(-c3ccccc3)n2)cc1. The van der Waals surface area contributed by atoms with Crippen molar-refractivity contribution in [2.45, 2.75) is 38.5 Å². The lowest BCUT2D eigenvalue weighted by atomic mass is 9.87. The van der Waals surface area contributed by atoms with Crippen LogP contribution >= 0.6 is 0 Å². The van der Waals surface area contributed by atoms with Crippen LogP contribution in [-0.2, 0) is 4.79 Å². The van der Waals surface area contributed by atoms with Crippen LogP contribution in [0.15, 0.2) is 60.8 Å². The van der Waals surface area contributed by atoms with Crippen LogP contribution in [0.1, 0.15) is 38.5 Å². The molecule has 1 saturated carbocycles. The van der Waals surface area contributed by atoms with Gasteiger partial charge in [-0.25, -0.2) is 9.97 Å². The fourth-order valence-corrected chi connectivity index (χ4v) is 3.91. The molecular formula is C24H26N4O. The number of hydrogen-bond donors (Lipinski definition) is 2. The molecule has 1 aromatic heterocycles. The Morgan fingerprint density at radius 3 is 2.41 bits per heavy atom. The number of nitrogens with one attached hydrogen (secondary N) is 1. The highest BCUT2D eigenvalue weighted by Gasteiger charge is 2.19. The van der Waals surface area contributed by atoms with E-state index < -0.39 is 0 Å². The molecule has 0 spiro atoms. The van der Waals surface area contributed by atoms with Crippen molar-refractivity contribution in [3.8, 4) is 22.5 Å². The topological polar surface area (TPSA) is 80.9 Å². The first-order valence-corrected chi connectivity index (χ1v) is 10.3. The van der Waals surface area contributed by atoms with Crippen LogP contribution in [0, 0.1) is 5.92 Å². The van der Waals surface area contributed by atoms with E-state index in [1.54, 1.807) is 6.20 Å². The predicted molar refractivity (Wildman–Crippen MR) is 117 cm³/mol. The molecule has 3 aromatic rings. The molecule has 0 saturated heterocycles. The van der Waals surface area contributed by atoms with Crippen LogP contribution in [0.25, 0.3) is 22.5 Å². The van der Waals surface area contributed by atoms with E-state index in [-0.39, 0.29) is 5.91 Å². The third-order valence-corrected chi connectivity index (χ3v) is 5.48. The highest BCUT2D eigenvalue weighted by molar-refractivity contribution is 5.93. The molecule has 0 aliphatic heterocycles. The number of nitrogens with two attached hydrogens (primary N) is 1. The summed E-state index contributed by atoms with van der Waals surface area (Å²) in [5.74, 6) is 1.01. The summed E-state index contributed by atoms with van der Waals surface area (Å²) < 4.78 is 0. The smallest absolute Gasteiger partial charge is 0.225 e. The summed E-state index contributed by atoms with van der Waals surface area (Å²) in [5.41, 5.74) is 9.78. The second kappa shape index (κ2) is 8.86. The number of anilines is 2. The highest BCUT2D eigenvalue weighted by Crippen LogP contribution is 2.30. The predicted octanol–water partition coefficient (Wildman–Crippen LogP) is 5.30. The van der Waals surface area contributed by atoms with Crippen LogP contribution in [0.2, 0.25) is 0 Å². The first-order chi connectivity index (χ1) is 14.2. The van der Waals surface area contributed by atoms with Crippen LogP contribution in [0.4, 0.5) is 11.5 Å². The van der Waals surface area contributed by atoms with E-state index in [0.29, 0.717) is 29.5 Å². The number of aromatic nitrogens is 2. The Bertz CT molecular complexity index is 964. The Balaban J connectivity index is 1.62. The Labute approximate surface area is 171 Å². The van der Waals surface area contributed by atoms with Crippen molar-refractivity contribution in [2.24, 2.45) is 5.92 Å². The van der Waals surface area contributed by atoms with Gasteiger partial charge >= 0.3 is 0 Å². The number of hydrogen-bond acceptors (Lipinski definition) is 4. The third-order valence-electron chi connectivity index (χ3n) is 5.48. The monoisotopic (exact) mass is 386 g/mol. The van der Waals surface area contributed by atoms with Gasteiger partial charge in [-0.15, -0.1) is 0 Å². The molecule has 148 valence electrons. The molecule has 29 heavy (non-hydrogen) atoms. The Hall–Kier alpha value is -3.21. The van der Waals surface area contributed by atoms with Gasteiger partial charge in [0, 0.05) is 23.2 Å². The zero-order valence-corrected chi connectivity index (χ0v) is 16.5. The Morgan fingerprint density at radius 1 is 0.966 bits per heavy atom. The maximum atomic E-state index is 12.7. The molecule has 2 aromatic carbocycles. The minimum absolute atomic E-state index is 0.0172. The van der Waals surface area contributed by atoms with Crippen LogP contribution in [0.5, 0.6) is 0 Å². The molecule has 5 nitrogen and oxygen atoms in total. The molecule has 1 fully saturated rings. The Morgan fingerprint density at radius 2 is 1.69 bits per heavy atom. The molecule has 1 aliphatic rings. The van der Waals surface area contributed by atoms with Gasteiger partial charge in [0.25, 0.3) is 0 Å². The first kappa shape index (κ1) is 19.1. The summed E-state index contributed by atoms with van der Waals surface area (Å²) in [6.45, 7) is 0. The van der Waals surface area contributed by atoms with E-state index in [0.717, 1.165) is 29.7 Å². The van der Waals surface area contributed by atoms with Crippen molar-refractivity contribution in [1.82, 2.24) is 9.97 Å². The van der Waals surface area contributed by atoms with Gasteiger partial charge < -0.3 is 11.1 Å². The van der Waals surface area contributed by atoms with Gasteiger partial charge in [0.2, 0.25) is 5.91 Å². The lowest BCUT2D eigenvalue weighted by Crippen LogP contribution is -2.19. The molecule has 5 heteroatoms. The summed E-state index contributed by atoms with van der Waals surface area (Å²) in [7, 11) is 0. The van der Waals surface area contributed by atoms with Crippen molar-refractivity contribution in [3.05, 3.63) is 60.8 Å². The number of carbonyl (C=O) groups is 1. The van der Waals surface area contributed by atoms with Crippen LogP contribution in [-0.4, -0.2) is 15.9 Å². The second-order valence-corrected chi connectivity index (χ2v) is 7.70. The summed E-state index contributed by atoms with van der Waals surface area (Å²) in [5, 5.41) is 3.01. The van der Waals surface area contributed by atoms with Crippen molar-refractivity contribution < 1.29 is 4.79 Å². The number of rotatable bonds is 5. The van der Waals surface area contributed by atoms with Crippen LogP contribution in [0.3, 0.4) is 0 Å². The van der Waals surface area contributed by atoms with E-state index in [9.17, 15) is 4.79 Å². The fourth-order valence-electron chi connectivity index (χ4n) is 3.91. The fraction of sp³-hybridized carbons (Fsp3) is 0.292. The minimum atomic E-state index is 0.0172.